The van der Waals surface area contributed by atoms with Gasteiger partial charge >= 0.3 is 0 Å². The van der Waals surface area contributed by atoms with Gasteiger partial charge in [-0.3, -0.25) is 20.4 Å². The number of nitrogens with one attached hydrogen (secondary N) is 7. The van der Waals surface area contributed by atoms with Crippen LogP contribution in [-0.4, -0.2) is 82.2 Å². The monoisotopic (exact) mass is 414 g/mol. The average molecular weight is 415 g/mol. The van der Waals surface area contributed by atoms with E-state index in [9.17, 15) is 14.4 Å². The Balaban J connectivity index is 4.20. The van der Waals surface area contributed by atoms with E-state index in [1.807, 2.05) is 7.05 Å². The van der Waals surface area contributed by atoms with E-state index in [0.29, 0.717) is 38.8 Å². The van der Waals surface area contributed by atoms with E-state index in [4.69, 9.17) is 11.1 Å². The van der Waals surface area contributed by atoms with Gasteiger partial charge in [0.15, 0.2) is 11.7 Å². The van der Waals surface area contributed by atoms with Gasteiger partial charge in [-0.2, -0.15) is 0 Å². The van der Waals surface area contributed by atoms with Crippen LogP contribution in [0, 0.1) is 5.41 Å². The molecule has 0 radical (unpaired) electrons. The quantitative estimate of drug-likeness (QED) is 0.0375. The lowest BCUT2D eigenvalue weighted by atomic mass is 10.1. The Bertz CT molecular complexity index is 503. The topological polar surface area (TPSA) is 173 Å². The summed E-state index contributed by atoms with van der Waals surface area (Å²) in [5.74, 6) is -0.124. The van der Waals surface area contributed by atoms with Crippen molar-refractivity contribution in [2.24, 2.45) is 5.73 Å². The molecular weight excluding hydrogens is 376 g/mol. The van der Waals surface area contributed by atoms with Crippen LogP contribution in [0.25, 0.3) is 0 Å². The number of hydrogen-bond acceptors (Lipinski definition) is 9. The molecule has 0 aromatic heterocycles. The van der Waals surface area contributed by atoms with E-state index in [0.717, 1.165) is 12.8 Å². The molecule has 0 aromatic carbocycles. The van der Waals surface area contributed by atoms with Crippen molar-refractivity contribution in [3.8, 4) is 0 Å². The third kappa shape index (κ3) is 13.8. The molecule has 0 bridgehead atoms. The van der Waals surface area contributed by atoms with Crippen molar-refractivity contribution >= 4 is 23.8 Å². The Morgan fingerprint density at radius 3 is 2.31 bits per heavy atom. The van der Waals surface area contributed by atoms with Gasteiger partial charge in [0.1, 0.15) is 12.1 Å². The summed E-state index contributed by atoms with van der Waals surface area (Å²) >= 11 is 0. The predicted molar refractivity (Wildman–Crippen MR) is 114 cm³/mol. The Kier molecular flexibility index (Phi) is 15.9. The van der Waals surface area contributed by atoms with Gasteiger partial charge < -0.3 is 31.8 Å². The van der Waals surface area contributed by atoms with Crippen molar-refractivity contribution in [2.75, 3.05) is 40.3 Å². The Morgan fingerprint density at radius 1 is 1.07 bits per heavy atom. The molecule has 0 spiro atoms. The summed E-state index contributed by atoms with van der Waals surface area (Å²) in [4.78, 5) is 35.2. The number of ketones is 2. The van der Waals surface area contributed by atoms with Crippen LogP contribution in [0.3, 0.4) is 0 Å². The van der Waals surface area contributed by atoms with Crippen LogP contribution in [0.4, 0.5) is 0 Å². The summed E-state index contributed by atoms with van der Waals surface area (Å²) < 4.78 is 0. The van der Waals surface area contributed by atoms with Gasteiger partial charge in [0.2, 0.25) is 0 Å². The number of Topliss-reactive ketones (excluding diaryl/α,β-unsaturated/α-hetero) is 2. The lowest BCUT2D eigenvalue weighted by Crippen LogP contribution is -2.48. The minimum absolute atomic E-state index is 0.0141. The van der Waals surface area contributed by atoms with Gasteiger partial charge in [0, 0.05) is 13.1 Å². The summed E-state index contributed by atoms with van der Waals surface area (Å²) in [6.07, 6.45) is 3.23. The molecule has 168 valence electrons. The van der Waals surface area contributed by atoms with E-state index in [-0.39, 0.29) is 36.2 Å². The largest absolute Gasteiger partial charge is 0.370 e. The van der Waals surface area contributed by atoms with Gasteiger partial charge in [0.05, 0.1) is 24.7 Å². The minimum Gasteiger partial charge on any atom is -0.370 e. The highest BCUT2D eigenvalue weighted by Gasteiger charge is 2.19. The van der Waals surface area contributed by atoms with Gasteiger partial charge in [-0.05, 0) is 53.2 Å². The normalized spacial score (nSPS) is 14.0. The van der Waals surface area contributed by atoms with Crippen LogP contribution >= 0.6 is 0 Å². The zero-order valence-electron chi connectivity index (χ0n) is 17.8. The Morgan fingerprint density at radius 2 is 1.76 bits per heavy atom. The Hall–Kier alpha value is -1.92. The molecule has 0 amide bonds. The molecule has 0 rings (SSSR count). The van der Waals surface area contributed by atoms with Gasteiger partial charge in [-0.1, -0.05) is 0 Å². The van der Waals surface area contributed by atoms with Crippen molar-refractivity contribution in [3.63, 3.8) is 0 Å². The zero-order valence-corrected chi connectivity index (χ0v) is 17.8. The summed E-state index contributed by atoms with van der Waals surface area (Å²) in [5, 5.41) is 18.8. The third-order valence-electron chi connectivity index (χ3n) is 4.45. The second-order valence-corrected chi connectivity index (χ2v) is 6.83. The molecule has 0 heterocycles. The number of rotatable bonds is 19. The molecule has 0 saturated heterocycles. The molecule has 9 N–H and O–H groups in total. The molecule has 11 nitrogen and oxygen atoms in total. The highest BCUT2D eigenvalue weighted by Crippen LogP contribution is 1.97. The molecule has 0 unspecified atom stereocenters. The number of carbonyl (C=O) groups is 3. The Labute approximate surface area is 173 Å². The molecular formula is C18H38N8O3. The molecule has 0 saturated carbocycles. The smallest absolute Gasteiger partial charge is 0.185 e. The van der Waals surface area contributed by atoms with Crippen molar-refractivity contribution in [1.29, 1.82) is 5.41 Å². The minimum atomic E-state index is -0.440. The maximum Gasteiger partial charge on any atom is 0.185 e. The fraction of sp³-hybridized carbons (Fsp3) is 0.778. The van der Waals surface area contributed by atoms with E-state index in [1.54, 1.807) is 7.05 Å². The number of nitrogens with two attached hydrogens (primary N) is 1. The maximum absolute atomic E-state index is 12.3. The lowest BCUT2D eigenvalue weighted by Gasteiger charge is -2.20. The van der Waals surface area contributed by atoms with Crippen LogP contribution in [0.5, 0.6) is 0 Å². The maximum atomic E-state index is 12.3. The molecule has 29 heavy (non-hydrogen) atoms. The number of guanidine groups is 1. The van der Waals surface area contributed by atoms with E-state index in [2.05, 4.69) is 32.1 Å². The highest BCUT2D eigenvalue weighted by atomic mass is 16.1. The van der Waals surface area contributed by atoms with Gasteiger partial charge in [0.25, 0.3) is 0 Å². The molecule has 3 atom stereocenters. The summed E-state index contributed by atoms with van der Waals surface area (Å²) in [6.45, 7) is 3.31. The second kappa shape index (κ2) is 17.0. The predicted octanol–water partition coefficient (Wildman–Crippen LogP) is -2.38. The van der Waals surface area contributed by atoms with Crippen LogP contribution in [-0.2, 0) is 14.4 Å². The lowest BCUT2D eigenvalue weighted by molar-refractivity contribution is -0.121. The molecule has 0 fully saturated rings. The number of hydrogen-bond donors (Lipinski definition) is 8. The first kappa shape index (κ1) is 27.1. The fourth-order valence-electron chi connectivity index (χ4n) is 2.69. The van der Waals surface area contributed by atoms with Crippen LogP contribution in [0.2, 0.25) is 0 Å². The van der Waals surface area contributed by atoms with Crippen molar-refractivity contribution in [2.45, 2.75) is 50.7 Å². The first-order valence-electron chi connectivity index (χ1n) is 9.95. The standard InChI is InChI=1S/C18H38N8O3/c1-13(28)15(24-11-17(29)16(22-3)6-9-21-2)7-10-25-26-14(12-27)5-4-8-23-18(19)20/h12,14-16,21-22,24-26H,4-11H2,1-3H3,(H4,19,20,23)/t14-,15-,16-/m0/s1. The van der Waals surface area contributed by atoms with Crippen molar-refractivity contribution in [1.82, 2.24) is 32.1 Å². The second-order valence-electron chi connectivity index (χ2n) is 6.83. The highest BCUT2D eigenvalue weighted by molar-refractivity contribution is 5.87. The van der Waals surface area contributed by atoms with Crippen LogP contribution < -0.4 is 37.9 Å². The van der Waals surface area contributed by atoms with E-state index < -0.39 is 6.04 Å². The molecule has 0 aromatic rings. The van der Waals surface area contributed by atoms with Crippen LogP contribution in [0.1, 0.15) is 32.6 Å². The molecule has 0 aliphatic carbocycles. The van der Waals surface area contributed by atoms with Crippen LogP contribution in [0.15, 0.2) is 0 Å². The SMILES string of the molecule is CNCC[C@H](NC)C(=O)CN[C@@H](CCNN[C@H](C=O)CCCNC(=N)N)C(C)=O. The zero-order chi connectivity index (χ0) is 22.1. The van der Waals surface area contributed by atoms with Gasteiger partial charge in [-0.25, -0.2) is 5.43 Å². The number of likely N-dealkylation sites (N-methyl/N-ethyl adjacent to an activating group) is 1. The molecule has 11 heteroatoms. The van der Waals surface area contributed by atoms with E-state index >= 15 is 0 Å². The third-order valence-corrected chi connectivity index (χ3v) is 4.45. The summed E-state index contributed by atoms with van der Waals surface area (Å²) in [7, 11) is 3.58. The molecule has 0 aliphatic rings. The average Bonchev–Trinajstić information content (AvgIpc) is 2.68. The molecule has 0 aliphatic heterocycles. The number of aldehydes is 1. The first-order valence-corrected chi connectivity index (χ1v) is 9.95. The van der Waals surface area contributed by atoms with Crippen molar-refractivity contribution < 1.29 is 14.4 Å². The number of hydrazine groups is 1. The van der Waals surface area contributed by atoms with Gasteiger partial charge in [-0.15, -0.1) is 0 Å². The number of carbonyl (C=O) groups excluding carboxylic acids is 3. The summed E-state index contributed by atoms with van der Waals surface area (Å²) in [5.41, 5.74) is 11.1. The fourth-order valence-corrected chi connectivity index (χ4v) is 2.69. The van der Waals surface area contributed by atoms with Crippen molar-refractivity contribution in [3.05, 3.63) is 0 Å². The first-order chi connectivity index (χ1) is 13.8. The summed E-state index contributed by atoms with van der Waals surface area (Å²) in [6, 6.07) is -1.07. The van der Waals surface area contributed by atoms with E-state index in [1.165, 1.54) is 6.92 Å².